The van der Waals surface area contributed by atoms with Gasteiger partial charge in [-0.2, -0.15) is 26.3 Å². The number of rotatable bonds is 6. The Morgan fingerprint density at radius 1 is 0.293 bits per heavy atom. The van der Waals surface area contributed by atoms with Gasteiger partial charge in [-0.05, 0) is 0 Å². The molecule has 41 heavy (non-hydrogen) atoms. The highest BCUT2D eigenvalue weighted by Crippen LogP contribution is 2.35. The Bertz CT molecular complexity index is 1230. The average Bonchev–Trinajstić information content (AvgIpc) is 2.92. The molecule has 3 aromatic carbocycles. The molecule has 0 saturated carbocycles. The molecule has 0 spiro atoms. The zero-order valence-electron chi connectivity index (χ0n) is 18.4. The molecule has 222 valence electrons. The Labute approximate surface area is 215 Å². The highest BCUT2D eigenvalue weighted by Gasteiger charge is 2.42. The van der Waals surface area contributed by atoms with Crippen LogP contribution in [0.2, 0.25) is 0 Å². The second kappa shape index (κ2) is 12.7. The van der Waals surface area contributed by atoms with Crippen LogP contribution < -0.4 is 14.0 Å². The normalized spacial score (nSPS) is 10.7. The quantitative estimate of drug-likeness (QED) is 0.165. The summed E-state index contributed by atoms with van der Waals surface area (Å²) in [5.74, 6) is -50.0. The van der Waals surface area contributed by atoms with Crippen LogP contribution in [-0.4, -0.2) is 29.7 Å². The SMILES string of the molecule is Fc1c(F)c(F)c(OB(Oc2c(F)c(F)c(F)c(F)c2F)Oc2c(F)c(F)c(F)c(F)c2F)c(F)c1F.OB(O)O. The van der Waals surface area contributed by atoms with Gasteiger partial charge in [0.2, 0.25) is 87.3 Å². The Kier molecular flexibility index (Phi) is 10.3. The minimum atomic E-state index is -3.75. The zero-order chi connectivity index (χ0) is 31.7. The van der Waals surface area contributed by atoms with Crippen LogP contribution in [0.15, 0.2) is 0 Å². The molecule has 0 radical (unpaired) electrons. The van der Waals surface area contributed by atoms with E-state index in [1.54, 1.807) is 0 Å². The van der Waals surface area contributed by atoms with Gasteiger partial charge in [0.15, 0.2) is 17.2 Å². The van der Waals surface area contributed by atoms with Crippen molar-refractivity contribution in [3.05, 3.63) is 87.3 Å². The van der Waals surface area contributed by atoms with E-state index in [9.17, 15) is 65.9 Å². The summed E-state index contributed by atoms with van der Waals surface area (Å²) < 4.78 is 216. The fourth-order valence-corrected chi connectivity index (χ4v) is 2.43. The van der Waals surface area contributed by atoms with Crippen molar-refractivity contribution in [1.82, 2.24) is 0 Å². The molecule has 6 nitrogen and oxygen atoms in total. The van der Waals surface area contributed by atoms with Gasteiger partial charge in [0, 0.05) is 0 Å². The second-order valence-electron chi connectivity index (χ2n) is 6.69. The maximum absolute atomic E-state index is 13.9. The molecule has 3 rings (SSSR count). The van der Waals surface area contributed by atoms with E-state index in [0.717, 1.165) is 0 Å². The van der Waals surface area contributed by atoms with Crippen LogP contribution in [0.3, 0.4) is 0 Å². The summed E-state index contributed by atoms with van der Waals surface area (Å²) in [5, 5.41) is 21.5. The van der Waals surface area contributed by atoms with E-state index in [2.05, 4.69) is 14.0 Å². The molecule has 23 heteroatoms. The number of benzene rings is 3. The highest BCUT2D eigenvalue weighted by atomic mass is 19.2. The van der Waals surface area contributed by atoms with E-state index < -0.39 is 119 Å². The van der Waals surface area contributed by atoms with Crippen molar-refractivity contribution >= 4 is 14.6 Å². The Morgan fingerprint density at radius 2 is 0.415 bits per heavy atom. The fraction of sp³-hybridized carbons (Fsp3) is 0. The Balaban J connectivity index is 0.00000138. The van der Waals surface area contributed by atoms with Crippen molar-refractivity contribution in [2.45, 2.75) is 0 Å². The van der Waals surface area contributed by atoms with Gasteiger partial charge in [0.05, 0.1) is 0 Å². The molecule has 3 N–H and O–H groups in total. The highest BCUT2D eigenvalue weighted by molar-refractivity contribution is 6.39. The van der Waals surface area contributed by atoms with E-state index in [1.807, 2.05) is 0 Å². The van der Waals surface area contributed by atoms with Gasteiger partial charge in [-0.15, -0.1) is 0 Å². The van der Waals surface area contributed by atoms with E-state index in [-0.39, 0.29) is 0 Å². The van der Waals surface area contributed by atoms with Gasteiger partial charge in [-0.3, -0.25) is 0 Å². The van der Waals surface area contributed by atoms with E-state index in [4.69, 9.17) is 15.1 Å². The molecule has 0 unspecified atom stereocenters. The lowest BCUT2D eigenvalue weighted by Crippen LogP contribution is -2.39. The molecular weight excluding hydrogens is 619 g/mol. The molecule has 0 heterocycles. The van der Waals surface area contributed by atoms with Crippen LogP contribution in [-0.2, 0) is 0 Å². The third-order valence-corrected chi connectivity index (χ3v) is 4.15. The predicted octanol–water partition coefficient (Wildman–Crippen LogP) is 4.24. The largest absolute Gasteiger partial charge is 0.864 e. The van der Waals surface area contributed by atoms with Crippen LogP contribution in [0.25, 0.3) is 0 Å². The Morgan fingerprint density at radius 3 is 0.561 bits per heavy atom. The van der Waals surface area contributed by atoms with Gasteiger partial charge >= 0.3 is 14.6 Å². The number of hydrogen-bond donors (Lipinski definition) is 3. The molecule has 0 saturated heterocycles. The first-order valence-electron chi connectivity index (χ1n) is 9.43. The molecule has 0 amide bonds. The first kappa shape index (κ1) is 33.2. The summed E-state index contributed by atoms with van der Waals surface area (Å²) in [5.41, 5.74) is 0. The van der Waals surface area contributed by atoms with Gasteiger partial charge in [0.1, 0.15) is 0 Å². The molecular formula is C18H3B2F15O6. The molecule has 3 aromatic rings. The zero-order valence-corrected chi connectivity index (χ0v) is 18.4. The average molecular weight is 622 g/mol. The molecule has 0 aromatic heterocycles. The van der Waals surface area contributed by atoms with E-state index in [0.29, 0.717) is 0 Å². The fourth-order valence-electron chi connectivity index (χ4n) is 2.43. The van der Waals surface area contributed by atoms with Crippen molar-refractivity contribution in [2.24, 2.45) is 0 Å². The lowest BCUT2D eigenvalue weighted by molar-refractivity contribution is 0.246. The first-order chi connectivity index (χ1) is 18.8. The summed E-state index contributed by atoms with van der Waals surface area (Å²) in [6.07, 6.45) is 0. The maximum atomic E-state index is 13.9. The lowest BCUT2D eigenvalue weighted by atomic mass is 10.1. The van der Waals surface area contributed by atoms with E-state index >= 15 is 0 Å². The molecule has 0 fully saturated rings. The van der Waals surface area contributed by atoms with Crippen LogP contribution >= 0.6 is 0 Å². The van der Waals surface area contributed by atoms with Gasteiger partial charge < -0.3 is 29.0 Å². The topological polar surface area (TPSA) is 88.4 Å². The summed E-state index contributed by atoms with van der Waals surface area (Å²) in [6, 6.07) is 0. The molecule has 0 aliphatic heterocycles. The summed E-state index contributed by atoms with van der Waals surface area (Å²) in [7, 11) is -5.92. The van der Waals surface area contributed by atoms with Gasteiger partial charge in [0.25, 0.3) is 0 Å². The summed E-state index contributed by atoms with van der Waals surface area (Å²) >= 11 is 0. The molecule has 0 aliphatic carbocycles. The smallest absolute Gasteiger partial charge is 0.484 e. The van der Waals surface area contributed by atoms with Crippen molar-refractivity contribution < 1.29 is 94.9 Å². The van der Waals surface area contributed by atoms with Crippen molar-refractivity contribution in [3.63, 3.8) is 0 Å². The summed E-state index contributed by atoms with van der Waals surface area (Å²) in [6.45, 7) is 0. The van der Waals surface area contributed by atoms with Gasteiger partial charge in [-0.25, -0.2) is 39.5 Å². The molecule has 0 atom stereocenters. The number of hydrogen-bond acceptors (Lipinski definition) is 6. The molecule has 0 bridgehead atoms. The number of halogens is 15. The Hall–Kier alpha value is -3.98. The standard InChI is InChI=1S/C18BF15O3.BH3O3/c20-1-4(23)10(29)16(11(30)5(1)24)35-19(36-17-12(31)6(25)2(21)7(26)13(17)32)37-18-14(33)8(27)3(22)9(28)15(18)34;2-1(3)4/h;2-4H. The van der Waals surface area contributed by atoms with Crippen LogP contribution in [0.5, 0.6) is 17.2 Å². The molecule has 0 aliphatic rings. The van der Waals surface area contributed by atoms with E-state index in [1.165, 1.54) is 0 Å². The third kappa shape index (κ3) is 6.51. The van der Waals surface area contributed by atoms with Crippen molar-refractivity contribution in [3.8, 4) is 17.2 Å². The van der Waals surface area contributed by atoms with Crippen molar-refractivity contribution in [1.29, 1.82) is 0 Å². The van der Waals surface area contributed by atoms with Crippen LogP contribution in [0.4, 0.5) is 65.9 Å². The maximum Gasteiger partial charge on any atom is 0.864 e. The minimum Gasteiger partial charge on any atom is -0.484 e. The second-order valence-corrected chi connectivity index (χ2v) is 6.69. The third-order valence-electron chi connectivity index (χ3n) is 4.15. The van der Waals surface area contributed by atoms with Crippen LogP contribution in [0.1, 0.15) is 0 Å². The van der Waals surface area contributed by atoms with Crippen LogP contribution in [0, 0.1) is 87.3 Å². The predicted molar refractivity (Wildman–Crippen MR) is 98.7 cm³/mol. The summed E-state index contributed by atoms with van der Waals surface area (Å²) in [4.78, 5) is 0. The van der Waals surface area contributed by atoms with Crippen molar-refractivity contribution in [2.75, 3.05) is 0 Å². The lowest BCUT2D eigenvalue weighted by Gasteiger charge is -2.19. The van der Waals surface area contributed by atoms with Gasteiger partial charge in [-0.1, -0.05) is 0 Å². The monoisotopic (exact) mass is 622 g/mol. The minimum absolute atomic E-state index is 2.17. The first-order valence-corrected chi connectivity index (χ1v) is 9.43.